The summed E-state index contributed by atoms with van der Waals surface area (Å²) >= 11 is 0. The molecule has 2 heterocycles. The van der Waals surface area contributed by atoms with Gasteiger partial charge < -0.3 is 15.0 Å². The van der Waals surface area contributed by atoms with Gasteiger partial charge in [0.15, 0.2) is 0 Å². The van der Waals surface area contributed by atoms with Crippen LogP contribution in [0.4, 0.5) is 5.69 Å². The molecule has 0 fully saturated rings. The van der Waals surface area contributed by atoms with Crippen molar-refractivity contribution in [1.82, 2.24) is 9.97 Å². The lowest BCUT2D eigenvalue weighted by Gasteiger charge is -2.31. The molecular weight excluding hydrogens is 302 g/mol. The Labute approximate surface area is 140 Å². The molecule has 122 valence electrons. The highest BCUT2D eigenvalue weighted by Gasteiger charge is 2.32. The van der Waals surface area contributed by atoms with Gasteiger partial charge in [0.2, 0.25) is 5.91 Å². The number of ether oxygens (including phenoxy) is 1. The Bertz CT molecular complexity index is 939. The first-order valence-electron chi connectivity index (χ1n) is 7.95. The molecule has 5 heteroatoms. The van der Waals surface area contributed by atoms with Crippen LogP contribution in [-0.2, 0) is 10.2 Å². The maximum absolute atomic E-state index is 11.9. The average Bonchev–Trinajstić information content (AvgIpc) is 2.95. The molecule has 1 aliphatic heterocycles. The van der Waals surface area contributed by atoms with Crippen molar-refractivity contribution in [2.45, 2.75) is 25.7 Å². The number of carbonyl (C=O) groups excluding carboxylic acids is 1. The Morgan fingerprint density at radius 1 is 1.17 bits per heavy atom. The Morgan fingerprint density at radius 2 is 1.92 bits per heavy atom. The summed E-state index contributed by atoms with van der Waals surface area (Å²) < 4.78 is 5.19. The molecule has 3 aromatic rings. The van der Waals surface area contributed by atoms with E-state index in [0.29, 0.717) is 6.42 Å². The zero-order chi connectivity index (χ0) is 16.9. The zero-order valence-electron chi connectivity index (χ0n) is 13.9. The van der Waals surface area contributed by atoms with E-state index in [1.807, 2.05) is 30.3 Å². The van der Waals surface area contributed by atoms with E-state index in [0.717, 1.165) is 39.4 Å². The van der Waals surface area contributed by atoms with Crippen molar-refractivity contribution >= 4 is 22.6 Å². The van der Waals surface area contributed by atoms with Crippen molar-refractivity contribution in [2.24, 2.45) is 0 Å². The summed E-state index contributed by atoms with van der Waals surface area (Å²) in [7, 11) is 1.65. The van der Waals surface area contributed by atoms with Crippen LogP contribution in [-0.4, -0.2) is 23.0 Å². The number of nitrogens with zero attached hydrogens (tertiary/aromatic N) is 1. The number of imidazole rings is 1. The number of benzene rings is 2. The first-order valence-corrected chi connectivity index (χ1v) is 7.95. The highest BCUT2D eigenvalue weighted by Crippen LogP contribution is 2.39. The maximum Gasteiger partial charge on any atom is 0.225 e. The largest absolute Gasteiger partial charge is 0.497 e. The van der Waals surface area contributed by atoms with Gasteiger partial charge in [-0.15, -0.1) is 0 Å². The van der Waals surface area contributed by atoms with Gasteiger partial charge in [0.25, 0.3) is 0 Å². The van der Waals surface area contributed by atoms with Gasteiger partial charge in [-0.3, -0.25) is 4.79 Å². The fraction of sp³-hybridized carbons (Fsp3) is 0.263. The lowest BCUT2D eigenvalue weighted by Crippen LogP contribution is -2.32. The standard InChI is InChI=1S/C19H19N3O2/c1-19(2)10-17(23)20-14-9-16-15(8-13(14)19)21-18(22-16)11-4-6-12(24-3)7-5-11/h4-9H,10H2,1-3H3,(H,20,23)(H,21,22). The molecule has 4 rings (SSSR count). The van der Waals surface area contributed by atoms with Crippen LogP contribution in [0.5, 0.6) is 5.75 Å². The van der Waals surface area contributed by atoms with Crippen molar-refractivity contribution in [3.05, 3.63) is 42.0 Å². The first kappa shape index (κ1) is 14.8. The normalized spacial score (nSPS) is 15.9. The van der Waals surface area contributed by atoms with Crippen molar-refractivity contribution < 1.29 is 9.53 Å². The number of anilines is 1. The fourth-order valence-corrected chi connectivity index (χ4v) is 3.30. The number of amides is 1. The molecule has 1 aromatic heterocycles. The Balaban J connectivity index is 1.82. The topological polar surface area (TPSA) is 67.0 Å². The summed E-state index contributed by atoms with van der Waals surface area (Å²) in [6, 6.07) is 11.8. The lowest BCUT2D eigenvalue weighted by molar-refractivity contribution is -0.117. The zero-order valence-corrected chi connectivity index (χ0v) is 13.9. The van der Waals surface area contributed by atoms with E-state index >= 15 is 0 Å². The number of nitrogens with one attached hydrogen (secondary N) is 2. The van der Waals surface area contributed by atoms with Gasteiger partial charge in [-0.05, 0) is 42.0 Å². The fourth-order valence-electron chi connectivity index (χ4n) is 3.30. The number of carbonyl (C=O) groups is 1. The quantitative estimate of drug-likeness (QED) is 0.753. The number of H-pyrrole nitrogens is 1. The van der Waals surface area contributed by atoms with Crippen LogP contribution in [0.3, 0.4) is 0 Å². The number of hydrogen-bond acceptors (Lipinski definition) is 3. The van der Waals surface area contributed by atoms with E-state index in [9.17, 15) is 4.79 Å². The third-order valence-electron chi connectivity index (χ3n) is 4.59. The Morgan fingerprint density at radius 3 is 2.62 bits per heavy atom. The van der Waals surface area contributed by atoms with Crippen LogP contribution in [0.2, 0.25) is 0 Å². The number of methoxy groups -OCH3 is 1. The minimum absolute atomic E-state index is 0.0535. The lowest BCUT2D eigenvalue weighted by atomic mass is 9.78. The predicted molar refractivity (Wildman–Crippen MR) is 94.4 cm³/mol. The summed E-state index contributed by atoms with van der Waals surface area (Å²) in [4.78, 5) is 20.0. The van der Waals surface area contributed by atoms with Gasteiger partial charge in [-0.2, -0.15) is 0 Å². The molecule has 1 aliphatic rings. The van der Waals surface area contributed by atoms with Gasteiger partial charge >= 0.3 is 0 Å². The molecule has 0 bridgehead atoms. The molecule has 1 amide bonds. The molecular formula is C19H19N3O2. The molecule has 24 heavy (non-hydrogen) atoms. The highest BCUT2D eigenvalue weighted by molar-refractivity contribution is 5.98. The second kappa shape index (κ2) is 5.09. The van der Waals surface area contributed by atoms with Crippen LogP contribution in [0.25, 0.3) is 22.4 Å². The van der Waals surface area contributed by atoms with E-state index < -0.39 is 0 Å². The van der Waals surface area contributed by atoms with E-state index in [1.165, 1.54) is 0 Å². The van der Waals surface area contributed by atoms with Gasteiger partial charge in [-0.25, -0.2) is 4.98 Å². The van der Waals surface area contributed by atoms with Crippen LogP contribution < -0.4 is 10.1 Å². The molecule has 0 spiro atoms. The summed E-state index contributed by atoms with van der Waals surface area (Å²) in [6.45, 7) is 4.19. The van der Waals surface area contributed by atoms with Crippen LogP contribution in [0.15, 0.2) is 36.4 Å². The summed E-state index contributed by atoms with van der Waals surface area (Å²) in [5.74, 6) is 1.67. The number of fused-ring (bicyclic) bond motifs is 2. The van der Waals surface area contributed by atoms with Gasteiger partial charge in [-0.1, -0.05) is 13.8 Å². The molecule has 0 saturated carbocycles. The van der Waals surface area contributed by atoms with E-state index in [-0.39, 0.29) is 11.3 Å². The number of aromatic nitrogens is 2. The third kappa shape index (κ3) is 2.33. The van der Waals surface area contributed by atoms with E-state index in [4.69, 9.17) is 4.74 Å². The first-order chi connectivity index (χ1) is 11.5. The minimum atomic E-state index is -0.183. The third-order valence-corrected chi connectivity index (χ3v) is 4.59. The van der Waals surface area contributed by atoms with E-state index in [2.05, 4.69) is 35.2 Å². The van der Waals surface area contributed by atoms with Crippen molar-refractivity contribution in [3.63, 3.8) is 0 Å². The SMILES string of the molecule is COc1ccc(-c2nc3cc4c(cc3[nH]2)C(C)(C)CC(=O)N4)cc1. The highest BCUT2D eigenvalue weighted by atomic mass is 16.5. The molecule has 2 N–H and O–H groups in total. The van der Waals surface area contributed by atoms with Crippen molar-refractivity contribution in [2.75, 3.05) is 12.4 Å². The van der Waals surface area contributed by atoms with Crippen LogP contribution in [0, 0.1) is 0 Å². The molecule has 0 saturated heterocycles. The maximum atomic E-state index is 11.9. The van der Waals surface area contributed by atoms with Gasteiger partial charge in [0.05, 0.1) is 18.1 Å². The smallest absolute Gasteiger partial charge is 0.225 e. The monoisotopic (exact) mass is 321 g/mol. The van der Waals surface area contributed by atoms with Crippen molar-refractivity contribution in [3.8, 4) is 17.1 Å². The Hall–Kier alpha value is -2.82. The number of aromatic amines is 1. The minimum Gasteiger partial charge on any atom is -0.497 e. The summed E-state index contributed by atoms with van der Waals surface area (Å²) in [6.07, 6.45) is 0.491. The molecule has 0 aliphatic carbocycles. The molecule has 0 radical (unpaired) electrons. The summed E-state index contributed by atoms with van der Waals surface area (Å²) in [5.41, 5.74) is 4.63. The number of rotatable bonds is 2. The number of hydrogen-bond donors (Lipinski definition) is 2. The second-order valence-corrected chi connectivity index (χ2v) is 6.84. The molecule has 0 unspecified atom stereocenters. The Kier molecular flexibility index (Phi) is 3.13. The van der Waals surface area contributed by atoms with Gasteiger partial charge in [0, 0.05) is 23.1 Å². The average molecular weight is 321 g/mol. The van der Waals surface area contributed by atoms with Gasteiger partial charge in [0.1, 0.15) is 11.6 Å². The predicted octanol–water partition coefficient (Wildman–Crippen LogP) is 3.86. The van der Waals surface area contributed by atoms with E-state index in [1.54, 1.807) is 7.11 Å². The molecule has 5 nitrogen and oxygen atoms in total. The van der Waals surface area contributed by atoms with Crippen molar-refractivity contribution in [1.29, 1.82) is 0 Å². The van der Waals surface area contributed by atoms with Crippen LogP contribution >= 0.6 is 0 Å². The molecule has 2 aromatic carbocycles. The second-order valence-electron chi connectivity index (χ2n) is 6.84. The molecule has 0 atom stereocenters. The van der Waals surface area contributed by atoms with Crippen LogP contribution in [0.1, 0.15) is 25.8 Å². The summed E-state index contributed by atoms with van der Waals surface area (Å²) in [5, 5.41) is 2.96.